The Kier molecular flexibility index (Phi) is 5.25. The quantitative estimate of drug-likeness (QED) is 0.451. The minimum atomic E-state index is -0.856. The summed E-state index contributed by atoms with van der Waals surface area (Å²) in [5.74, 6) is -0.398. The molecule has 1 saturated heterocycles. The van der Waals surface area contributed by atoms with E-state index in [1.54, 1.807) is 6.20 Å². The number of aromatic nitrogens is 5. The first-order valence-corrected chi connectivity index (χ1v) is 12.1. The van der Waals surface area contributed by atoms with Gasteiger partial charge in [0.15, 0.2) is 5.82 Å². The Morgan fingerprint density at radius 2 is 2.00 bits per heavy atom. The van der Waals surface area contributed by atoms with Crippen molar-refractivity contribution in [2.45, 2.75) is 31.4 Å². The zero-order valence-corrected chi connectivity index (χ0v) is 18.9. The number of morpholine rings is 1. The molecule has 2 N–H and O–H groups in total. The number of pyridine rings is 1. The van der Waals surface area contributed by atoms with Crippen LogP contribution >= 0.6 is 11.3 Å². The summed E-state index contributed by atoms with van der Waals surface area (Å²) < 4.78 is 22.2. The maximum atomic E-state index is 14.9. The van der Waals surface area contributed by atoms with Gasteiger partial charge < -0.3 is 14.8 Å². The van der Waals surface area contributed by atoms with Crippen molar-refractivity contribution in [3.8, 4) is 21.7 Å². The number of fused-ring (bicyclic) bond motifs is 1. The monoisotopic (exact) mass is 468 g/mol. The largest absolute Gasteiger partial charge is 0.383 e. The van der Waals surface area contributed by atoms with E-state index in [0.29, 0.717) is 39.3 Å². The number of aromatic amines is 1. The van der Waals surface area contributed by atoms with Crippen molar-refractivity contribution in [2.75, 3.05) is 32.8 Å². The molecule has 8 nitrogen and oxygen atoms in total. The van der Waals surface area contributed by atoms with Crippen molar-refractivity contribution in [2.24, 2.45) is 0 Å². The molecule has 1 aliphatic carbocycles. The first-order valence-electron chi connectivity index (χ1n) is 11.3. The van der Waals surface area contributed by atoms with E-state index >= 15 is 0 Å². The number of aliphatic hydroxyl groups is 1. The lowest BCUT2D eigenvalue weighted by atomic mass is 9.81. The van der Waals surface area contributed by atoms with Crippen LogP contribution in [0.4, 0.5) is 4.39 Å². The average Bonchev–Trinajstić information content (AvgIpc) is 3.56. The van der Waals surface area contributed by atoms with E-state index in [9.17, 15) is 9.50 Å². The second-order valence-electron chi connectivity index (χ2n) is 8.79. The number of hydrogen-bond donors (Lipinski definition) is 2. The predicted octanol–water partition coefficient (Wildman–Crippen LogP) is 3.39. The Hall–Kier alpha value is -2.66. The Labute approximate surface area is 194 Å². The standard InChI is InChI=1S/C23H25FN6O2S/c24-17-12-25-21-16(20(17)19-13-26-22(33-19)23(31)2-1-3-23)10-18(28-21)15-11-27-30(14-15)5-4-29-6-8-32-9-7-29/h10-14,31H,1-9H2,(H,25,28). The molecule has 6 rings (SSSR count). The topological polar surface area (TPSA) is 92.1 Å². The number of H-pyrrole nitrogens is 1. The first kappa shape index (κ1) is 20.9. The number of rotatable bonds is 6. The van der Waals surface area contributed by atoms with Gasteiger partial charge >= 0.3 is 0 Å². The van der Waals surface area contributed by atoms with E-state index in [-0.39, 0.29) is 0 Å². The fourth-order valence-corrected chi connectivity index (χ4v) is 5.60. The second-order valence-corrected chi connectivity index (χ2v) is 9.82. The minimum absolute atomic E-state index is 0.398. The highest BCUT2D eigenvalue weighted by atomic mass is 32.1. The van der Waals surface area contributed by atoms with Gasteiger partial charge in [-0.25, -0.2) is 14.4 Å². The smallest absolute Gasteiger partial charge is 0.150 e. The second kappa shape index (κ2) is 8.28. The summed E-state index contributed by atoms with van der Waals surface area (Å²) in [7, 11) is 0. The van der Waals surface area contributed by atoms with E-state index in [1.807, 2.05) is 23.1 Å². The lowest BCUT2D eigenvalue weighted by Gasteiger charge is -2.34. The molecule has 33 heavy (non-hydrogen) atoms. The minimum Gasteiger partial charge on any atom is -0.383 e. The van der Waals surface area contributed by atoms with Crippen molar-refractivity contribution in [3.05, 3.63) is 41.7 Å². The average molecular weight is 469 g/mol. The normalized spacial score (nSPS) is 18.6. The van der Waals surface area contributed by atoms with Gasteiger partial charge in [0.1, 0.15) is 16.3 Å². The molecule has 0 radical (unpaired) electrons. The van der Waals surface area contributed by atoms with Crippen molar-refractivity contribution in [1.82, 2.24) is 29.6 Å². The van der Waals surface area contributed by atoms with Crippen molar-refractivity contribution in [1.29, 1.82) is 0 Å². The van der Waals surface area contributed by atoms with E-state index in [0.717, 1.165) is 57.1 Å². The summed E-state index contributed by atoms with van der Waals surface area (Å²) in [6, 6.07) is 1.92. The fourth-order valence-electron chi connectivity index (χ4n) is 4.48. The fraction of sp³-hybridized carbons (Fsp3) is 0.435. The van der Waals surface area contributed by atoms with Crippen LogP contribution in [-0.2, 0) is 16.9 Å². The van der Waals surface area contributed by atoms with Gasteiger partial charge in [0.2, 0.25) is 0 Å². The highest BCUT2D eigenvalue weighted by Gasteiger charge is 2.39. The molecule has 0 spiro atoms. The Morgan fingerprint density at radius 3 is 2.79 bits per heavy atom. The van der Waals surface area contributed by atoms with Crippen LogP contribution in [0, 0.1) is 5.82 Å². The van der Waals surface area contributed by atoms with E-state index in [4.69, 9.17) is 4.74 Å². The van der Waals surface area contributed by atoms with Crippen molar-refractivity contribution >= 4 is 22.4 Å². The van der Waals surface area contributed by atoms with Crippen LogP contribution < -0.4 is 0 Å². The molecule has 172 valence electrons. The van der Waals surface area contributed by atoms with E-state index in [2.05, 4.69) is 25.0 Å². The maximum Gasteiger partial charge on any atom is 0.150 e. The molecule has 4 aromatic rings. The van der Waals surface area contributed by atoms with Gasteiger partial charge in [-0.2, -0.15) is 5.10 Å². The number of nitrogens with zero attached hydrogens (tertiary/aromatic N) is 5. The van der Waals surface area contributed by atoms with Gasteiger partial charge in [-0.1, -0.05) is 0 Å². The molecule has 2 fully saturated rings. The van der Waals surface area contributed by atoms with Gasteiger partial charge in [0, 0.05) is 48.5 Å². The van der Waals surface area contributed by atoms with Gasteiger partial charge in [0.25, 0.3) is 0 Å². The molecular formula is C23H25FN6O2S. The Morgan fingerprint density at radius 1 is 1.15 bits per heavy atom. The third-order valence-corrected chi connectivity index (χ3v) is 7.84. The molecule has 0 unspecified atom stereocenters. The van der Waals surface area contributed by atoms with Crippen LogP contribution in [-0.4, -0.2) is 67.6 Å². The molecule has 0 aromatic carbocycles. The number of thiazole rings is 1. The third-order valence-electron chi connectivity index (χ3n) is 6.64. The molecule has 5 heterocycles. The zero-order valence-electron chi connectivity index (χ0n) is 18.1. The van der Waals surface area contributed by atoms with Crippen LogP contribution in [0.15, 0.2) is 30.9 Å². The number of halogens is 1. The molecule has 10 heteroatoms. The molecule has 1 saturated carbocycles. The molecule has 4 aromatic heterocycles. The molecule has 0 amide bonds. The summed E-state index contributed by atoms with van der Waals surface area (Å²) in [4.78, 5) is 15.0. The van der Waals surface area contributed by atoms with Crippen LogP contribution in [0.5, 0.6) is 0 Å². The SMILES string of the molecule is OC1(c2ncc(-c3c(F)cnc4[nH]c(-c5cnn(CCN6CCOCC6)c5)cc34)s2)CCC1. The van der Waals surface area contributed by atoms with Crippen LogP contribution in [0.1, 0.15) is 24.3 Å². The highest BCUT2D eigenvalue weighted by molar-refractivity contribution is 7.15. The lowest BCUT2D eigenvalue weighted by molar-refractivity contribution is -0.0389. The van der Waals surface area contributed by atoms with Crippen LogP contribution in [0.25, 0.3) is 32.7 Å². The lowest BCUT2D eigenvalue weighted by Crippen LogP contribution is -2.38. The summed E-state index contributed by atoms with van der Waals surface area (Å²) >= 11 is 1.35. The number of nitrogens with one attached hydrogen (secondary N) is 1. The molecule has 0 atom stereocenters. The molecule has 2 aliphatic rings. The first-order chi connectivity index (χ1) is 16.1. The third kappa shape index (κ3) is 3.86. The van der Waals surface area contributed by atoms with Crippen molar-refractivity contribution < 1.29 is 14.2 Å². The van der Waals surface area contributed by atoms with Crippen LogP contribution in [0.3, 0.4) is 0 Å². The predicted molar refractivity (Wildman–Crippen MR) is 123 cm³/mol. The van der Waals surface area contributed by atoms with E-state index in [1.165, 1.54) is 17.5 Å². The summed E-state index contributed by atoms with van der Waals surface area (Å²) in [5.41, 5.74) is 1.98. The molecule has 0 bridgehead atoms. The molecule has 1 aliphatic heterocycles. The van der Waals surface area contributed by atoms with E-state index < -0.39 is 11.4 Å². The molecular weight excluding hydrogens is 443 g/mol. The van der Waals surface area contributed by atoms with Gasteiger partial charge in [-0.15, -0.1) is 11.3 Å². The maximum absolute atomic E-state index is 14.9. The van der Waals surface area contributed by atoms with Crippen LogP contribution in [0.2, 0.25) is 0 Å². The summed E-state index contributed by atoms with van der Waals surface area (Å²) in [6.45, 7) is 5.19. The highest BCUT2D eigenvalue weighted by Crippen LogP contribution is 2.45. The Bertz CT molecular complexity index is 1290. The van der Waals surface area contributed by atoms with Crippen molar-refractivity contribution in [3.63, 3.8) is 0 Å². The zero-order chi connectivity index (χ0) is 22.4. The van der Waals surface area contributed by atoms with Gasteiger partial charge in [-0.3, -0.25) is 9.58 Å². The summed E-state index contributed by atoms with van der Waals surface area (Å²) in [6.07, 6.45) is 9.11. The van der Waals surface area contributed by atoms with Gasteiger partial charge in [0.05, 0.1) is 42.7 Å². The number of hydrogen-bond acceptors (Lipinski definition) is 7. The Balaban J connectivity index is 1.27. The van der Waals surface area contributed by atoms with Gasteiger partial charge in [-0.05, 0) is 25.3 Å². The summed E-state index contributed by atoms with van der Waals surface area (Å²) in [5, 5.41) is 16.5. The number of ether oxygens (including phenoxy) is 1.